The van der Waals surface area contributed by atoms with Crippen molar-refractivity contribution < 1.29 is 5.11 Å². The molecular weight excluding hydrogens is 212 g/mol. The van der Waals surface area contributed by atoms with Crippen molar-refractivity contribution in [1.82, 2.24) is 0 Å². The summed E-state index contributed by atoms with van der Waals surface area (Å²) in [5.74, 6) is 3.36. The number of hydrogen-bond donors (Lipinski definition) is 1. The Kier molecular flexibility index (Phi) is 3.71. The molecule has 1 aliphatic rings. The third-order valence-electron chi connectivity index (χ3n) is 3.18. The molecule has 90 valence electrons. The van der Waals surface area contributed by atoms with Gasteiger partial charge in [0.2, 0.25) is 0 Å². The van der Waals surface area contributed by atoms with Crippen LogP contribution < -0.4 is 0 Å². The van der Waals surface area contributed by atoms with E-state index in [-0.39, 0.29) is 11.5 Å². The maximum absolute atomic E-state index is 9.90. The Hall–Kier alpha value is -0.523. The topological polar surface area (TPSA) is 20.2 Å². The number of aliphatic hydroxyl groups excluding tert-OH is 1. The molecule has 1 aliphatic carbocycles. The van der Waals surface area contributed by atoms with Crippen molar-refractivity contribution in [3.8, 4) is 11.5 Å². The number of hydrogen-bond acceptors (Lipinski definition) is 1. The minimum absolute atomic E-state index is 0.135. The molecule has 2 heteroatoms. The van der Waals surface area contributed by atoms with Crippen molar-refractivity contribution in [3.63, 3.8) is 0 Å². The standard InChI is InChI=1S/C14H24OSi/c1-11-12(8-10-16(4,5)6)14(2,3)9-7-13(11)15/h13,15H,7,9H2,1-6H3/t13-/m1/s1. The maximum Gasteiger partial charge on any atom is 0.129 e. The first-order chi connectivity index (χ1) is 7.13. The second kappa shape index (κ2) is 4.39. The van der Waals surface area contributed by atoms with Crippen molar-refractivity contribution in [2.45, 2.75) is 59.4 Å². The summed E-state index contributed by atoms with van der Waals surface area (Å²) >= 11 is 0. The smallest absolute Gasteiger partial charge is 0.129 e. The van der Waals surface area contributed by atoms with Crippen LogP contribution in [0.4, 0.5) is 0 Å². The van der Waals surface area contributed by atoms with E-state index in [4.69, 9.17) is 0 Å². The lowest BCUT2D eigenvalue weighted by Gasteiger charge is -2.34. The molecule has 1 N–H and O–H groups in total. The molecule has 0 saturated heterocycles. The van der Waals surface area contributed by atoms with Crippen LogP contribution in [0.5, 0.6) is 0 Å². The van der Waals surface area contributed by atoms with Crippen LogP contribution in [0.3, 0.4) is 0 Å². The molecular formula is C14H24OSi. The third kappa shape index (κ3) is 3.23. The Balaban J connectivity index is 3.14. The number of allylic oxidation sites excluding steroid dienone is 1. The fourth-order valence-electron chi connectivity index (χ4n) is 2.06. The van der Waals surface area contributed by atoms with Crippen molar-refractivity contribution in [2.75, 3.05) is 0 Å². The van der Waals surface area contributed by atoms with Gasteiger partial charge < -0.3 is 5.11 Å². The summed E-state index contributed by atoms with van der Waals surface area (Å²) in [6, 6.07) is 0. The maximum atomic E-state index is 9.90. The predicted octanol–water partition coefficient (Wildman–Crippen LogP) is 3.36. The Morgan fingerprint density at radius 3 is 2.38 bits per heavy atom. The molecule has 0 fully saturated rings. The molecule has 0 amide bonds. The van der Waals surface area contributed by atoms with E-state index in [9.17, 15) is 5.11 Å². The minimum Gasteiger partial charge on any atom is -0.389 e. The van der Waals surface area contributed by atoms with Crippen molar-refractivity contribution in [1.29, 1.82) is 0 Å². The summed E-state index contributed by atoms with van der Waals surface area (Å²) in [4.78, 5) is 0. The zero-order chi connectivity index (χ0) is 12.6. The van der Waals surface area contributed by atoms with Crippen LogP contribution in [0, 0.1) is 16.9 Å². The Bertz CT molecular complexity index is 360. The van der Waals surface area contributed by atoms with E-state index in [1.54, 1.807) is 0 Å². The molecule has 0 radical (unpaired) electrons. The summed E-state index contributed by atoms with van der Waals surface area (Å²) in [5, 5.41) is 9.90. The van der Waals surface area contributed by atoms with Gasteiger partial charge in [-0.3, -0.25) is 0 Å². The highest BCUT2D eigenvalue weighted by Gasteiger charge is 2.31. The van der Waals surface area contributed by atoms with Gasteiger partial charge in [-0.25, -0.2) is 0 Å². The lowest BCUT2D eigenvalue weighted by Crippen LogP contribution is -2.28. The first kappa shape index (κ1) is 13.5. The number of aliphatic hydroxyl groups is 1. The summed E-state index contributed by atoms with van der Waals surface area (Å²) < 4.78 is 0. The zero-order valence-corrected chi connectivity index (χ0v) is 12.4. The van der Waals surface area contributed by atoms with E-state index in [1.165, 1.54) is 5.57 Å². The van der Waals surface area contributed by atoms with Gasteiger partial charge in [-0.1, -0.05) is 39.4 Å². The number of rotatable bonds is 0. The molecule has 0 aromatic carbocycles. The van der Waals surface area contributed by atoms with Gasteiger partial charge in [0.05, 0.1) is 6.10 Å². The molecule has 1 atom stereocenters. The molecule has 0 saturated carbocycles. The molecule has 1 nitrogen and oxygen atoms in total. The second-order valence-corrected chi connectivity index (χ2v) is 11.2. The van der Waals surface area contributed by atoms with Crippen molar-refractivity contribution in [3.05, 3.63) is 11.1 Å². The molecule has 0 aromatic rings. The van der Waals surface area contributed by atoms with Gasteiger partial charge in [-0.2, -0.15) is 0 Å². The van der Waals surface area contributed by atoms with Gasteiger partial charge in [0.1, 0.15) is 8.07 Å². The minimum atomic E-state index is -1.33. The highest BCUT2D eigenvalue weighted by molar-refractivity contribution is 6.83. The van der Waals surface area contributed by atoms with Gasteiger partial charge >= 0.3 is 0 Å². The van der Waals surface area contributed by atoms with Gasteiger partial charge in [0.25, 0.3) is 0 Å². The fraction of sp³-hybridized carbons (Fsp3) is 0.714. The Labute approximate surface area is 101 Å². The second-order valence-electron chi connectivity index (χ2n) is 6.50. The highest BCUT2D eigenvalue weighted by Crippen LogP contribution is 2.39. The molecule has 0 bridgehead atoms. The van der Waals surface area contributed by atoms with Crippen LogP contribution in [-0.4, -0.2) is 19.3 Å². The summed E-state index contributed by atoms with van der Waals surface area (Å²) in [5.41, 5.74) is 5.81. The Morgan fingerprint density at radius 2 is 1.88 bits per heavy atom. The third-order valence-corrected chi connectivity index (χ3v) is 4.05. The van der Waals surface area contributed by atoms with Crippen LogP contribution in [-0.2, 0) is 0 Å². The van der Waals surface area contributed by atoms with Crippen LogP contribution in [0.2, 0.25) is 19.6 Å². The summed E-state index contributed by atoms with van der Waals surface area (Å²) in [6.07, 6.45) is 1.62. The molecule has 16 heavy (non-hydrogen) atoms. The van der Waals surface area contributed by atoms with Gasteiger partial charge in [0, 0.05) is 5.57 Å². The summed E-state index contributed by atoms with van der Waals surface area (Å²) in [7, 11) is -1.33. The van der Waals surface area contributed by atoms with E-state index in [1.807, 2.05) is 6.92 Å². The first-order valence-electron chi connectivity index (χ1n) is 6.06. The average molecular weight is 236 g/mol. The summed E-state index contributed by atoms with van der Waals surface area (Å²) in [6.45, 7) is 13.2. The largest absolute Gasteiger partial charge is 0.389 e. The van der Waals surface area contributed by atoms with Gasteiger partial charge in [0.15, 0.2) is 0 Å². The monoisotopic (exact) mass is 236 g/mol. The van der Waals surface area contributed by atoms with Gasteiger partial charge in [-0.05, 0) is 30.8 Å². The first-order valence-corrected chi connectivity index (χ1v) is 9.56. The fourth-order valence-corrected chi connectivity index (χ4v) is 2.56. The van der Waals surface area contributed by atoms with Crippen LogP contribution in [0.25, 0.3) is 0 Å². The van der Waals surface area contributed by atoms with Crippen molar-refractivity contribution in [2.24, 2.45) is 5.41 Å². The van der Waals surface area contributed by atoms with E-state index < -0.39 is 8.07 Å². The van der Waals surface area contributed by atoms with Crippen LogP contribution in [0.1, 0.15) is 33.6 Å². The molecule has 0 aliphatic heterocycles. The molecule has 0 spiro atoms. The van der Waals surface area contributed by atoms with E-state index in [0.717, 1.165) is 18.4 Å². The normalized spacial score (nSPS) is 25.1. The lowest BCUT2D eigenvalue weighted by atomic mass is 9.72. The van der Waals surface area contributed by atoms with E-state index in [0.29, 0.717) is 0 Å². The Morgan fingerprint density at radius 1 is 1.31 bits per heavy atom. The van der Waals surface area contributed by atoms with Crippen LogP contribution in [0.15, 0.2) is 11.1 Å². The molecule has 0 aromatic heterocycles. The lowest BCUT2D eigenvalue weighted by molar-refractivity contribution is 0.163. The molecule has 0 heterocycles. The highest BCUT2D eigenvalue weighted by atomic mass is 28.3. The van der Waals surface area contributed by atoms with E-state index >= 15 is 0 Å². The van der Waals surface area contributed by atoms with E-state index in [2.05, 4.69) is 45.0 Å². The predicted molar refractivity (Wildman–Crippen MR) is 72.8 cm³/mol. The van der Waals surface area contributed by atoms with Crippen molar-refractivity contribution >= 4 is 8.07 Å². The SMILES string of the molecule is CC1=C(C#C[Si](C)(C)C)C(C)(C)CC[C@H]1O. The quantitative estimate of drug-likeness (QED) is 0.505. The average Bonchev–Trinajstić information content (AvgIpc) is 2.10. The molecule has 1 rings (SSSR count). The molecule has 0 unspecified atom stereocenters. The van der Waals surface area contributed by atoms with Crippen LogP contribution >= 0.6 is 0 Å². The van der Waals surface area contributed by atoms with Gasteiger partial charge in [-0.15, -0.1) is 5.54 Å². The zero-order valence-electron chi connectivity index (χ0n) is 11.4.